The van der Waals surface area contributed by atoms with E-state index in [1.54, 1.807) is 5.38 Å². The zero-order valence-electron chi connectivity index (χ0n) is 19.8. The van der Waals surface area contributed by atoms with Crippen LogP contribution < -0.4 is 5.32 Å². The van der Waals surface area contributed by atoms with Crippen molar-refractivity contribution in [3.8, 4) is 6.07 Å². The molecule has 2 N–H and O–H groups in total. The van der Waals surface area contributed by atoms with Gasteiger partial charge < -0.3 is 15.3 Å². The lowest BCUT2D eigenvalue weighted by Crippen LogP contribution is -2.38. The average Bonchev–Trinajstić information content (AvgIpc) is 3.40. The Bertz CT molecular complexity index is 1270. The van der Waals surface area contributed by atoms with Crippen molar-refractivity contribution in [2.45, 2.75) is 5.54 Å². The Kier molecular flexibility index (Phi) is 8.92. The fourth-order valence-corrected chi connectivity index (χ4v) is 5.08. The van der Waals surface area contributed by atoms with E-state index in [9.17, 15) is 9.90 Å². The summed E-state index contributed by atoms with van der Waals surface area (Å²) in [7, 11) is 0. The van der Waals surface area contributed by atoms with Crippen LogP contribution in [0.2, 0.25) is 0 Å². The molecular formula is C28H24N4O3S2. The zero-order chi connectivity index (χ0) is 25.9. The standard InChI is InChI=1S/C28H24N4O3S2/c29-16-18-36-19-17-35-32-25(26(33)34)24-20-37-27(30-24)31-28(21-10-4-1-5-11-21,22-12-6-2-7-13-22)23-14-8-3-9-15-23/h1-15,20H,17-19H2,(H,30,31)(H,33,34). The van der Waals surface area contributed by atoms with Gasteiger partial charge in [-0.2, -0.15) is 5.26 Å². The van der Waals surface area contributed by atoms with E-state index in [2.05, 4.69) is 51.9 Å². The van der Waals surface area contributed by atoms with Crippen LogP contribution in [0.15, 0.2) is 102 Å². The van der Waals surface area contributed by atoms with Crippen molar-refractivity contribution in [2.24, 2.45) is 5.16 Å². The van der Waals surface area contributed by atoms with E-state index >= 15 is 0 Å². The van der Waals surface area contributed by atoms with Gasteiger partial charge in [-0.05, 0) is 16.7 Å². The maximum Gasteiger partial charge on any atom is 0.360 e. The van der Waals surface area contributed by atoms with Gasteiger partial charge in [0, 0.05) is 11.1 Å². The Morgan fingerprint density at radius 2 is 1.54 bits per heavy atom. The van der Waals surface area contributed by atoms with Crippen LogP contribution >= 0.6 is 23.1 Å². The van der Waals surface area contributed by atoms with Crippen molar-refractivity contribution in [2.75, 3.05) is 23.4 Å². The second-order valence-corrected chi connectivity index (χ2v) is 9.76. The van der Waals surface area contributed by atoms with E-state index in [0.717, 1.165) is 16.7 Å². The summed E-state index contributed by atoms with van der Waals surface area (Å²) in [5.74, 6) is -0.366. The second kappa shape index (κ2) is 12.7. The molecule has 4 aromatic rings. The molecule has 37 heavy (non-hydrogen) atoms. The van der Waals surface area contributed by atoms with E-state index in [0.29, 0.717) is 16.6 Å². The van der Waals surface area contributed by atoms with E-state index in [-0.39, 0.29) is 18.0 Å². The highest BCUT2D eigenvalue weighted by Crippen LogP contribution is 2.40. The summed E-state index contributed by atoms with van der Waals surface area (Å²) in [6, 6.07) is 32.3. The van der Waals surface area contributed by atoms with Crippen LogP contribution in [0.25, 0.3) is 0 Å². The first-order valence-electron chi connectivity index (χ1n) is 11.4. The van der Waals surface area contributed by atoms with Gasteiger partial charge in [0.25, 0.3) is 0 Å². The van der Waals surface area contributed by atoms with Crippen molar-refractivity contribution in [1.82, 2.24) is 4.98 Å². The maximum atomic E-state index is 11.9. The number of aliphatic carboxylic acids is 1. The molecule has 7 nitrogen and oxygen atoms in total. The van der Waals surface area contributed by atoms with Gasteiger partial charge in [-0.3, -0.25) is 0 Å². The molecule has 0 bridgehead atoms. The van der Waals surface area contributed by atoms with Gasteiger partial charge in [-0.1, -0.05) is 96.2 Å². The van der Waals surface area contributed by atoms with Gasteiger partial charge in [0.2, 0.25) is 5.71 Å². The quantitative estimate of drug-likeness (QED) is 0.107. The summed E-state index contributed by atoms with van der Waals surface area (Å²) in [5.41, 5.74) is 2.17. The van der Waals surface area contributed by atoms with Gasteiger partial charge in [-0.25, -0.2) is 9.78 Å². The van der Waals surface area contributed by atoms with Gasteiger partial charge in [0.1, 0.15) is 17.8 Å². The van der Waals surface area contributed by atoms with Crippen molar-refractivity contribution in [1.29, 1.82) is 5.26 Å². The number of nitrogens with zero attached hydrogens (tertiary/aromatic N) is 3. The van der Waals surface area contributed by atoms with Gasteiger partial charge in [-0.15, -0.1) is 23.1 Å². The van der Waals surface area contributed by atoms with Crippen LogP contribution in [-0.4, -0.2) is 39.9 Å². The van der Waals surface area contributed by atoms with Crippen LogP contribution in [0, 0.1) is 11.3 Å². The molecule has 0 spiro atoms. The molecule has 0 saturated heterocycles. The third kappa shape index (κ3) is 6.17. The minimum Gasteiger partial charge on any atom is -0.476 e. The number of aromatic nitrogens is 1. The molecule has 186 valence electrons. The van der Waals surface area contributed by atoms with Crippen molar-refractivity contribution < 1.29 is 14.7 Å². The third-order valence-electron chi connectivity index (χ3n) is 5.51. The molecule has 0 aliphatic heterocycles. The molecule has 0 fully saturated rings. The van der Waals surface area contributed by atoms with Crippen LogP contribution in [0.4, 0.5) is 5.13 Å². The summed E-state index contributed by atoms with van der Waals surface area (Å²) >= 11 is 2.68. The Morgan fingerprint density at radius 3 is 2.03 bits per heavy atom. The van der Waals surface area contributed by atoms with Crippen molar-refractivity contribution in [3.05, 3.63) is 119 Å². The van der Waals surface area contributed by atoms with E-state index < -0.39 is 11.5 Å². The summed E-state index contributed by atoms with van der Waals surface area (Å²) in [6.07, 6.45) is 0. The summed E-state index contributed by atoms with van der Waals surface area (Å²) < 4.78 is 0. The molecule has 0 atom stereocenters. The molecular weight excluding hydrogens is 504 g/mol. The third-order valence-corrected chi connectivity index (χ3v) is 7.05. The lowest BCUT2D eigenvalue weighted by molar-refractivity contribution is -0.129. The van der Waals surface area contributed by atoms with Gasteiger partial charge >= 0.3 is 5.97 Å². The molecule has 0 aliphatic carbocycles. The molecule has 0 radical (unpaired) electrons. The molecule has 0 aliphatic rings. The predicted molar refractivity (Wildman–Crippen MR) is 148 cm³/mol. The predicted octanol–water partition coefficient (Wildman–Crippen LogP) is 5.61. The summed E-state index contributed by atoms with van der Waals surface area (Å²) in [5, 5.41) is 28.0. The zero-order valence-corrected chi connectivity index (χ0v) is 21.4. The SMILES string of the molecule is N#CCSCCON=C(C(=O)O)c1csc(NC(c2ccccc2)(c2ccccc2)c2ccccc2)n1. The first kappa shape index (κ1) is 25.9. The molecule has 3 aromatic carbocycles. The summed E-state index contributed by atoms with van der Waals surface area (Å²) in [6.45, 7) is 0.192. The number of oxime groups is 1. The largest absolute Gasteiger partial charge is 0.476 e. The van der Waals surface area contributed by atoms with Crippen molar-refractivity contribution in [3.63, 3.8) is 0 Å². The monoisotopic (exact) mass is 528 g/mol. The number of hydrogen-bond acceptors (Lipinski definition) is 8. The Labute approximate surface area is 223 Å². The van der Waals surface area contributed by atoms with Crippen LogP contribution in [0.3, 0.4) is 0 Å². The molecule has 1 aromatic heterocycles. The molecule has 0 unspecified atom stereocenters. The second-order valence-electron chi connectivity index (χ2n) is 7.80. The fraction of sp³-hybridized carbons (Fsp3) is 0.143. The van der Waals surface area contributed by atoms with E-state index in [1.165, 1.54) is 23.1 Å². The lowest BCUT2D eigenvalue weighted by Gasteiger charge is -2.36. The molecule has 4 rings (SSSR count). The van der Waals surface area contributed by atoms with Crippen LogP contribution in [0.1, 0.15) is 22.4 Å². The molecule has 0 saturated carbocycles. The maximum absolute atomic E-state index is 11.9. The molecule has 9 heteroatoms. The number of nitriles is 1. The molecule has 0 amide bonds. The van der Waals surface area contributed by atoms with Crippen LogP contribution in [-0.2, 0) is 15.2 Å². The van der Waals surface area contributed by atoms with Crippen LogP contribution in [0.5, 0.6) is 0 Å². The normalized spacial score (nSPS) is 11.5. The fourth-order valence-electron chi connectivity index (χ4n) is 3.90. The highest BCUT2D eigenvalue weighted by Gasteiger charge is 2.37. The summed E-state index contributed by atoms with van der Waals surface area (Å²) in [4.78, 5) is 21.7. The first-order valence-corrected chi connectivity index (χ1v) is 13.5. The average molecular weight is 529 g/mol. The first-order chi connectivity index (χ1) is 18.1. The lowest BCUT2D eigenvalue weighted by atomic mass is 9.77. The number of carboxylic acids is 1. The number of thiazole rings is 1. The number of rotatable bonds is 12. The highest BCUT2D eigenvalue weighted by molar-refractivity contribution is 7.99. The van der Waals surface area contributed by atoms with Gasteiger partial charge in [0.05, 0.1) is 11.8 Å². The number of anilines is 1. The number of nitrogens with one attached hydrogen (secondary N) is 1. The van der Waals surface area contributed by atoms with Gasteiger partial charge in [0.15, 0.2) is 5.13 Å². The van der Waals surface area contributed by atoms with E-state index in [4.69, 9.17) is 10.1 Å². The topological polar surface area (TPSA) is 108 Å². The Hall–Kier alpha value is -4.13. The smallest absolute Gasteiger partial charge is 0.360 e. The number of thioether (sulfide) groups is 1. The number of benzene rings is 3. The number of carboxylic acid groups (broad SMARTS) is 1. The number of hydrogen-bond donors (Lipinski definition) is 2. The van der Waals surface area contributed by atoms with Crippen molar-refractivity contribution >= 4 is 39.9 Å². The van der Waals surface area contributed by atoms with E-state index in [1.807, 2.05) is 60.7 Å². The number of carbonyl (C=O) groups is 1. The molecule has 1 heterocycles. The minimum absolute atomic E-state index is 0.192. The Balaban J connectivity index is 1.72. The Morgan fingerprint density at radius 1 is 1.00 bits per heavy atom. The minimum atomic E-state index is -1.23. The highest BCUT2D eigenvalue weighted by atomic mass is 32.2.